The van der Waals surface area contributed by atoms with Gasteiger partial charge in [0.25, 0.3) is 0 Å². The lowest BCUT2D eigenvalue weighted by Gasteiger charge is -2.09. The zero-order valence-corrected chi connectivity index (χ0v) is 11.7. The van der Waals surface area contributed by atoms with Gasteiger partial charge < -0.3 is 13.9 Å². The van der Waals surface area contributed by atoms with Crippen LogP contribution in [0.25, 0.3) is 0 Å². The molecule has 0 spiro atoms. The number of carbonyl (C=O) groups is 1. The minimum absolute atomic E-state index is 0.169. The van der Waals surface area contributed by atoms with Crippen molar-refractivity contribution in [2.45, 2.75) is 13.3 Å². The van der Waals surface area contributed by atoms with Crippen molar-refractivity contribution in [2.75, 3.05) is 20.3 Å². The first-order valence-corrected chi connectivity index (χ1v) is 6.60. The Kier molecular flexibility index (Phi) is 4.96. The normalized spacial score (nSPS) is 10.5. The van der Waals surface area contributed by atoms with Crippen molar-refractivity contribution in [3.63, 3.8) is 0 Å². The minimum Gasteiger partial charge on any atom is -0.490 e. The quantitative estimate of drug-likeness (QED) is 0.575. The monoisotopic (exact) mass is 274 g/mol. The van der Waals surface area contributed by atoms with Gasteiger partial charge in [-0.15, -0.1) is 0 Å². The van der Waals surface area contributed by atoms with Crippen LogP contribution in [0, 0.1) is 0 Å². The number of para-hydroxylation sites is 1. The van der Waals surface area contributed by atoms with Crippen molar-refractivity contribution < 1.29 is 18.7 Å². The molecule has 106 valence electrons. The van der Waals surface area contributed by atoms with Gasteiger partial charge in [-0.1, -0.05) is 19.1 Å². The Morgan fingerprint density at radius 2 is 1.95 bits per heavy atom. The van der Waals surface area contributed by atoms with Gasteiger partial charge >= 0.3 is 0 Å². The van der Waals surface area contributed by atoms with Gasteiger partial charge in [0.05, 0.1) is 12.2 Å². The number of benzene rings is 1. The molecule has 20 heavy (non-hydrogen) atoms. The molecule has 1 heterocycles. The molecule has 0 fully saturated rings. The second-order valence-corrected chi connectivity index (χ2v) is 4.29. The number of hydrogen-bond donors (Lipinski definition) is 0. The summed E-state index contributed by atoms with van der Waals surface area (Å²) in [4.78, 5) is 12.4. The van der Waals surface area contributed by atoms with E-state index in [0.717, 1.165) is 12.2 Å². The minimum atomic E-state index is -0.169. The van der Waals surface area contributed by atoms with Gasteiger partial charge in [0.2, 0.25) is 5.78 Å². The largest absolute Gasteiger partial charge is 0.490 e. The van der Waals surface area contributed by atoms with E-state index in [1.807, 2.05) is 19.1 Å². The molecular weight excluding hydrogens is 256 g/mol. The van der Waals surface area contributed by atoms with Crippen molar-refractivity contribution in [2.24, 2.45) is 0 Å². The SMILES string of the molecule is CCc1ccc(C(=O)c2ccccc2OCCOC)o1. The van der Waals surface area contributed by atoms with E-state index in [1.54, 1.807) is 31.4 Å². The second kappa shape index (κ2) is 6.91. The first-order valence-electron chi connectivity index (χ1n) is 6.60. The molecule has 4 heteroatoms. The van der Waals surface area contributed by atoms with E-state index in [9.17, 15) is 4.79 Å². The highest BCUT2D eigenvalue weighted by atomic mass is 16.5. The number of hydrogen-bond acceptors (Lipinski definition) is 4. The van der Waals surface area contributed by atoms with Crippen molar-refractivity contribution in [3.05, 3.63) is 53.5 Å². The summed E-state index contributed by atoms with van der Waals surface area (Å²) in [5, 5.41) is 0. The summed E-state index contributed by atoms with van der Waals surface area (Å²) in [6, 6.07) is 10.7. The molecular formula is C16H18O4. The highest BCUT2D eigenvalue weighted by molar-refractivity contribution is 6.09. The van der Waals surface area contributed by atoms with Crippen LogP contribution in [0.5, 0.6) is 5.75 Å². The molecule has 4 nitrogen and oxygen atoms in total. The summed E-state index contributed by atoms with van der Waals surface area (Å²) in [7, 11) is 1.61. The molecule has 0 aliphatic carbocycles. The molecule has 0 amide bonds. The fourth-order valence-corrected chi connectivity index (χ4v) is 1.84. The van der Waals surface area contributed by atoms with E-state index >= 15 is 0 Å². The van der Waals surface area contributed by atoms with Crippen molar-refractivity contribution >= 4 is 5.78 Å². The van der Waals surface area contributed by atoms with Crippen LogP contribution in [-0.4, -0.2) is 26.1 Å². The summed E-state index contributed by atoms with van der Waals surface area (Å²) in [6.45, 7) is 2.86. The van der Waals surface area contributed by atoms with Gasteiger partial charge in [-0.3, -0.25) is 4.79 Å². The summed E-state index contributed by atoms with van der Waals surface area (Å²) in [5.74, 6) is 1.51. The number of rotatable bonds is 7. The number of carbonyl (C=O) groups excluding carboxylic acids is 1. The summed E-state index contributed by atoms with van der Waals surface area (Å²) in [6.07, 6.45) is 0.763. The first kappa shape index (κ1) is 14.3. The molecule has 1 aromatic heterocycles. The summed E-state index contributed by atoms with van der Waals surface area (Å²) < 4.78 is 16.0. The molecule has 0 unspecified atom stereocenters. The molecule has 0 saturated heterocycles. The van der Waals surface area contributed by atoms with E-state index in [-0.39, 0.29) is 5.78 Å². The molecule has 0 aliphatic heterocycles. The third-order valence-corrected chi connectivity index (χ3v) is 2.91. The molecule has 1 aromatic carbocycles. The fraction of sp³-hybridized carbons (Fsp3) is 0.312. The van der Waals surface area contributed by atoms with Crippen molar-refractivity contribution in [1.29, 1.82) is 0 Å². The van der Waals surface area contributed by atoms with E-state index in [4.69, 9.17) is 13.9 Å². The first-order chi connectivity index (χ1) is 9.76. The maximum Gasteiger partial charge on any atom is 0.231 e. The molecule has 0 saturated carbocycles. The Labute approximate surface area is 118 Å². The van der Waals surface area contributed by atoms with Gasteiger partial charge in [-0.05, 0) is 24.3 Å². The Morgan fingerprint density at radius 1 is 1.15 bits per heavy atom. The lowest BCUT2D eigenvalue weighted by molar-refractivity contribution is 0.0999. The van der Waals surface area contributed by atoms with Crippen LogP contribution in [-0.2, 0) is 11.2 Å². The molecule has 0 radical (unpaired) electrons. The van der Waals surface area contributed by atoms with E-state index in [0.29, 0.717) is 30.3 Å². The predicted octanol–water partition coefficient (Wildman–Crippen LogP) is 3.10. The van der Waals surface area contributed by atoms with E-state index in [1.165, 1.54) is 0 Å². The van der Waals surface area contributed by atoms with Gasteiger partial charge in [-0.25, -0.2) is 0 Å². The lowest BCUT2D eigenvalue weighted by Crippen LogP contribution is -2.08. The maximum atomic E-state index is 12.4. The van der Waals surface area contributed by atoms with Gasteiger partial charge in [0.1, 0.15) is 18.1 Å². The van der Waals surface area contributed by atoms with Crippen LogP contribution < -0.4 is 4.74 Å². The van der Waals surface area contributed by atoms with Crippen LogP contribution in [0.4, 0.5) is 0 Å². The molecule has 0 atom stereocenters. The Morgan fingerprint density at radius 3 is 2.65 bits per heavy atom. The number of methoxy groups -OCH3 is 1. The van der Waals surface area contributed by atoms with Crippen LogP contribution in [0.3, 0.4) is 0 Å². The van der Waals surface area contributed by atoms with E-state index < -0.39 is 0 Å². The van der Waals surface area contributed by atoms with Gasteiger partial charge in [0.15, 0.2) is 5.76 Å². The Bertz CT molecular complexity index is 571. The van der Waals surface area contributed by atoms with Crippen LogP contribution in [0.1, 0.15) is 28.8 Å². The fourth-order valence-electron chi connectivity index (χ4n) is 1.84. The number of ketones is 1. The number of aryl methyl sites for hydroxylation is 1. The van der Waals surface area contributed by atoms with Crippen molar-refractivity contribution in [1.82, 2.24) is 0 Å². The lowest BCUT2D eigenvalue weighted by atomic mass is 10.1. The third kappa shape index (κ3) is 3.27. The van der Waals surface area contributed by atoms with Gasteiger partial charge in [0, 0.05) is 13.5 Å². The molecule has 2 aromatic rings. The summed E-state index contributed by atoms with van der Waals surface area (Å²) in [5.41, 5.74) is 0.501. The van der Waals surface area contributed by atoms with Crippen LogP contribution in [0.15, 0.2) is 40.8 Å². The second-order valence-electron chi connectivity index (χ2n) is 4.29. The highest BCUT2D eigenvalue weighted by Crippen LogP contribution is 2.22. The zero-order valence-electron chi connectivity index (χ0n) is 11.7. The summed E-state index contributed by atoms with van der Waals surface area (Å²) >= 11 is 0. The van der Waals surface area contributed by atoms with Crippen molar-refractivity contribution in [3.8, 4) is 5.75 Å². The molecule has 0 N–H and O–H groups in total. The number of ether oxygens (including phenoxy) is 2. The molecule has 0 bridgehead atoms. The third-order valence-electron chi connectivity index (χ3n) is 2.91. The van der Waals surface area contributed by atoms with Crippen LogP contribution in [0.2, 0.25) is 0 Å². The average molecular weight is 274 g/mol. The highest BCUT2D eigenvalue weighted by Gasteiger charge is 2.17. The molecule has 0 aliphatic rings. The predicted molar refractivity (Wildman–Crippen MR) is 75.3 cm³/mol. The Hall–Kier alpha value is -2.07. The Balaban J connectivity index is 2.20. The number of furan rings is 1. The topological polar surface area (TPSA) is 48.7 Å². The van der Waals surface area contributed by atoms with E-state index in [2.05, 4.69) is 0 Å². The maximum absolute atomic E-state index is 12.4. The smallest absolute Gasteiger partial charge is 0.231 e. The van der Waals surface area contributed by atoms with Crippen LogP contribution >= 0.6 is 0 Å². The van der Waals surface area contributed by atoms with Gasteiger partial charge in [-0.2, -0.15) is 0 Å². The molecule has 2 rings (SSSR count). The standard InChI is InChI=1S/C16H18O4/c1-3-12-8-9-15(20-12)16(17)13-6-4-5-7-14(13)19-11-10-18-2/h4-9H,3,10-11H2,1-2H3. The zero-order chi connectivity index (χ0) is 14.4. The average Bonchev–Trinajstić information content (AvgIpc) is 2.96.